The molecule has 7 nitrogen and oxygen atoms in total. The third kappa shape index (κ3) is 2.55. The highest BCUT2D eigenvalue weighted by molar-refractivity contribution is 5.88. The molecule has 0 aromatic carbocycles. The van der Waals surface area contributed by atoms with E-state index in [2.05, 4.69) is 25.5 Å². The van der Waals surface area contributed by atoms with Crippen molar-refractivity contribution in [3.05, 3.63) is 12.5 Å². The molecule has 0 fully saturated rings. The zero-order valence-corrected chi connectivity index (χ0v) is 10.1. The lowest BCUT2D eigenvalue weighted by atomic mass is 10.1. The van der Waals surface area contributed by atoms with Gasteiger partial charge >= 0.3 is 5.97 Å². The summed E-state index contributed by atoms with van der Waals surface area (Å²) in [6.07, 6.45) is 5.33. The summed E-state index contributed by atoms with van der Waals surface area (Å²) in [7, 11) is 0. The highest BCUT2D eigenvalue weighted by Gasteiger charge is 2.18. The molecule has 96 valence electrons. The van der Waals surface area contributed by atoms with Gasteiger partial charge in [0.05, 0.1) is 11.6 Å². The van der Waals surface area contributed by atoms with Crippen molar-refractivity contribution in [1.29, 1.82) is 0 Å². The number of hydrogen-bond donors (Lipinski definition) is 3. The van der Waals surface area contributed by atoms with E-state index in [0.717, 1.165) is 12.8 Å². The van der Waals surface area contributed by atoms with Gasteiger partial charge in [-0.1, -0.05) is 19.8 Å². The van der Waals surface area contributed by atoms with Crippen LogP contribution in [-0.2, 0) is 4.79 Å². The van der Waals surface area contributed by atoms with Crippen LogP contribution in [0.15, 0.2) is 12.5 Å². The van der Waals surface area contributed by atoms with Gasteiger partial charge in [0.1, 0.15) is 18.2 Å². The standard InChI is InChI=1S/C11H15N5O2/c1-2-3-4-8(11(17)18)15-9-7-5-14-16-10(7)13-6-12-9/h5-6,8H,2-4H2,1H3,(H,17,18)(H2,12,13,14,15,16)/t8-/m0/s1. The Morgan fingerprint density at radius 1 is 1.56 bits per heavy atom. The van der Waals surface area contributed by atoms with E-state index in [9.17, 15) is 4.79 Å². The van der Waals surface area contributed by atoms with E-state index >= 15 is 0 Å². The van der Waals surface area contributed by atoms with Crippen molar-refractivity contribution < 1.29 is 9.90 Å². The summed E-state index contributed by atoms with van der Waals surface area (Å²) >= 11 is 0. The Bertz CT molecular complexity index is 539. The van der Waals surface area contributed by atoms with Gasteiger partial charge in [0.2, 0.25) is 0 Å². The van der Waals surface area contributed by atoms with Crippen molar-refractivity contribution in [3.63, 3.8) is 0 Å². The second kappa shape index (κ2) is 5.44. The van der Waals surface area contributed by atoms with E-state index < -0.39 is 12.0 Å². The number of unbranched alkanes of at least 4 members (excludes halogenated alkanes) is 1. The zero-order valence-electron chi connectivity index (χ0n) is 10.1. The molecule has 2 aromatic rings. The first kappa shape index (κ1) is 12.3. The molecule has 0 saturated heterocycles. The Hall–Kier alpha value is -2.18. The molecule has 0 aliphatic heterocycles. The third-order valence-corrected chi connectivity index (χ3v) is 2.70. The molecule has 0 saturated carbocycles. The van der Waals surface area contributed by atoms with Gasteiger partial charge in [-0.3, -0.25) is 5.10 Å². The first-order valence-electron chi connectivity index (χ1n) is 5.85. The summed E-state index contributed by atoms with van der Waals surface area (Å²) in [5.41, 5.74) is 0.590. The van der Waals surface area contributed by atoms with Crippen LogP contribution in [0.1, 0.15) is 26.2 Å². The van der Waals surface area contributed by atoms with Crippen LogP contribution in [0.25, 0.3) is 11.0 Å². The number of fused-ring (bicyclic) bond motifs is 1. The van der Waals surface area contributed by atoms with E-state index in [0.29, 0.717) is 23.3 Å². The molecule has 2 rings (SSSR count). The predicted octanol–water partition coefficient (Wildman–Crippen LogP) is 1.41. The van der Waals surface area contributed by atoms with Crippen molar-refractivity contribution in [2.45, 2.75) is 32.2 Å². The van der Waals surface area contributed by atoms with Gasteiger partial charge in [0.15, 0.2) is 5.65 Å². The molecule has 0 amide bonds. The number of carboxylic acids is 1. The van der Waals surface area contributed by atoms with Gasteiger partial charge in [0, 0.05) is 0 Å². The number of aliphatic carboxylic acids is 1. The Morgan fingerprint density at radius 2 is 2.39 bits per heavy atom. The smallest absolute Gasteiger partial charge is 0.326 e. The van der Waals surface area contributed by atoms with Crippen molar-refractivity contribution >= 4 is 22.8 Å². The molecule has 0 unspecified atom stereocenters. The number of H-pyrrole nitrogens is 1. The molecule has 0 bridgehead atoms. The minimum absolute atomic E-state index is 0.497. The number of hydrogen-bond acceptors (Lipinski definition) is 5. The second-order valence-electron chi connectivity index (χ2n) is 4.03. The highest BCUT2D eigenvalue weighted by Crippen LogP contribution is 2.18. The molecule has 2 heterocycles. The van der Waals surface area contributed by atoms with E-state index in [1.807, 2.05) is 6.92 Å². The Balaban J connectivity index is 2.20. The first-order valence-corrected chi connectivity index (χ1v) is 5.85. The minimum Gasteiger partial charge on any atom is -0.480 e. The number of rotatable bonds is 6. The van der Waals surface area contributed by atoms with Crippen LogP contribution < -0.4 is 5.32 Å². The molecular formula is C11H15N5O2. The van der Waals surface area contributed by atoms with Crippen molar-refractivity contribution in [2.75, 3.05) is 5.32 Å². The molecule has 0 radical (unpaired) electrons. The monoisotopic (exact) mass is 249 g/mol. The third-order valence-electron chi connectivity index (χ3n) is 2.70. The molecule has 2 aromatic heterocycles. The number of aromatic amines is 1. The Kier molecular flexibility index (Phi) is 3.71. The van der Waals surface area contributed by atoms with Crippen molar-refractivity contribution in [2.24, 2.45) is 0 Å². The van der Waals surface area contributed by atoms with E-state index in [1.54, 1.807) is 6.20 Å². The largest absolute Gasteiger partial charge is 0.480 e. The number of aromatic nitrogens is 4. The lowest BCUT2D eigenvalue weighted by molar-refractivity contribution is -0.138. The Morgan fingerprint density at radius 3 is 3.11 bits per heavy atom. The number of carboxylic acid groups (broad SMARTS) is 1. The fourth-order valence-corrected chi connectivity index (χ4v) is 1.71. The average Bonchev–Trinajstić information content (AvgIpc) is 2.83. The quantitative estimate of drug-likeness (QED) is 0.715. The van der Waals surface area contributed by atoms with E-state index in [-0.39, 0.29) is 0 Å². The highest BCUT2D eigenvalue weighted by atomic mass is 16.4. The van der Waals surface area contributed by atoms with Gasteiger partial charge < -0.3 is 10.4 Å². The Labute approximate surface area is 104 Å². The summed E-state index contributed by atoms with van der Waals surface area (Å²) in [4.78, 5) is 19.2. The molecule has 1 atom stereocenters. The topological polar surface area (TPSA) is 104 Å². The van der Waals surface area contributed by atoms with Crippen LogP contribution in [0.5, 0.6) is 0 Å². The molecule has 0 aliphatic carbocycles. The predicted molar refractivity (Wildman–Crippen MR) is 66.3 cm³/mol. The maximum Gasteiger partial charge on any atom is 0.326 e. The number of anilines is 1. The maximum atomic E-state index is 11.2. The first-order chi connectivity index (χ1) is 8.72. The maximum absolute atomic E-state index is 11.2. The van der Waals surface area contributed by atoms with Crippen LogP contribution in [0.2, 0.25) is 0 Å². The van der Waals surface area contributed by atoms with Gasteiger partial charge in [-0.25, -0.2) is 14.8 Å². The minimum atomic E-state index is -0.876. The molecule has 18 heavy (non-hydrogen) atoms. The molecular weight excluding hydrogens is 234 g/mol. The molecule has 0 aliphatic rings. The fourth-order valence-electron chi connectivity index (χ4n) is 1.71. The van der Waals surface area contributed by atoms with Crippen LogP contribution in [-0.4, -0.2) is 37.3 Å². The normalized spacial score (nSPS) is 12.5. The van der Waals surface area contributed by atoms with E-state index in [1.165, 1.54) is 6.33 Å². The van der Waals surface area contributed by atoms with E-state index in [4.69, 9.17) is 5.11 Å². The van der Waals surface area contributed by atoms with Crippen LogP contribution in [0, 0.1) is 0 Å². The van der Waals surface area contributed by atoms with Crippen LogP contribution >= 0.6 is 0 Å². The van der Waals surface area contributed by atoms with Gasteiger partial charge in [-0.05, 0) is 6.42 Å². The number of carbonyl (C=O) groups is 1. The number of nitrogens with zero attached hydrogens (tertiary/aromatic N) is 3. The number of nitrogens with one attached hydrogen (secondary N) is 2. The fraction of sp³-hybridized carbons (Fsp3) is 0.455. The lowest BCUT2D eigenvalue weighted by Crippen LogP contribution is -2.29. The summed E-state index contributed by atoms with van der Waals surface area (Å²) in [5, 5.41) is 19.4. The molecule has 3 N–H and O–H groups in total. The molecule has 0 spiro atoms. The summed E-state index contributed by atoms with van der Waals surface area (Å²) < 4.78 is 0. The van der Waals surface area contributed by atoms with Crippen LogP contribution in [0.3, 0.4) is 0 Å². The van der Waals surface area contributed by atoms with Gasteiger partial charge in [0.25, 0.3) is 0 Å². The van der Waals surface area contributed by atoms with Crippen molar-refractivity contribution in [3.8, 4) is 0 Å². The average molecular weight is 249 g/mol. The second-order valence-corrected chi connectivity index (χ2v) is 4.03. The van der Waals surface area contributed by atoms with Gasteiger partial charge in [-0.2, -0.15) is 5.10 Å². The SMILES string of the molecule is CCCC[C@H](Nc1ncnc2[nH]ncc12)C(=O)O. The zero-order chi connectivity index (χ0) is 13.0. The molecule has 7 heteroatoms. The summed E-state index contributed by atoms with van der Waals surface area (Å²) in [5.74, 6) is -0.379. The summed E-state index contributed by atoms with van der Waals surface area (Å²) in [6.45, 7) is 2.03. The van der Waals surface area contributed by atoms with Crippen molar-refractivity contribution in [1.82, 2.24) is 20.2 Å². The van der Waals surface area contributed by atoms with Gasteiger partial charge in [-0.15, -0.1) is 0 Å². The lowest BCUT2D eigenvalue weighted by Gasteiger charge is -2.14. The summed E-state index contributed by atoms with van der Waals surface area (Å²) in [6, 6.07) is -0.641. The van der Waals surface area contributed by atoms with Crippen LogP contribution in [0.4, 0.5) is 5.82 Å².